The zero-order valence-electron chi connectivity index (χ0n) is 14.5. The summed E-state index contributed by atoms with van der Waals surface area (Å²) in [7, 11) is 0. The third kappa shape index (κ3) is 2.91. The first-order chi connectivity index (χ1) is 12.5. The van der Waals surface area contributed by atoms with Crippen LogP contribution in [-0.2, 0) is 16.8 Å². The summed E-state index contributed by atoms with van der Waals surface area (Å²) in [5, 5.41) is 9.30. The molecule has 0 bridgehead atoms. The summed E-state index contributed by atoms with van der Waals surface area (Å²) < 4.78 is 6.19. The summed E-state index contributed by atoms with van der Waals surface area (Å²) in [6, 6.07) is 5.50. The van der Waals surface area contributed by atoms with Crippen LogP contribution < -0.4 is 4.90 Å². The van der Waals surface area contributed by atoms with Gasteiger partial charge in [-0.05, 0) is 49.9 Å². The fourth-order valence-electron chi connectivity index (χ4n) is 3.78. The molecule has 2 aromatic heterocycles. The number of fused-ring (bicyclic) bond motifs is 2. The molecule has 0 unspecified atom stereocenters. The van der Waals surface area contributed by atoms with Crippen LogP contribution in [-0.4, -0.2) is 41.5 Å². The van der Waals surface area contributed by atoms with Gasteiger partial charge >= 0.3 is 5.97 Å². The van der Waals surface area contributed by atoms with E-state index in [4.69, 9.17) is 4.74 Å². The topological polar surface area (TPSA) is 79.7 Å². The van der Waals surface area contributed by atoms with E-state index in [0.29, 0.717) is 17.0 Å². The quantitative estimate of drug-likeness (QED) is 0.834. The molecule has 1 spiro atoms. The summed E-state index contributed by atoms with van der Waals surface area (Å²) in [5.41, 5.74) is 1.36. The molecule has 0 amide bonds. The Hall–Kier alpha value is -2.25. The van der Waals surface area contributed by atoms with E-state index in [1.54, 1.807) is 12.3 Å². The first-order valence-electron chi connectivity index (χ1n) is 8.71. The first-order valence-corrected chi connectivity index (χ1v) is 9.52. The van der Waals surface area contributed by atoms with Crippen LogP contribution in [0.2, 0.25) is 0 Å². The number of carboxylic acids is 1. The second-order valence-corrected chi connectivity index (χ2v) is 7.86. The van der Waals surface area contributed by atoms with Crippen LogP contribution in [0.4, 0.5) is 5.82 Å². The van der Waals surface area contributed by atoms with Crippen LogP contribution in [0.25, 0.3) is 0 Å². The molecule has 2 aliphatic heterocycles. The van der Waals surface area contributed by atoms with Crippen molar-refractivity contribution >= 4 is 28.9 Å². The van der Waals surface area contributed by atoms with Crippen molar-refractivity contribution in [2.24, 2.45) is 0 Å². The van der Waals surface area contributed by atoms with Crippen LogP contribution >= 0.6 is 11.3 Å². The number of ketones is 1. The van der Waals surface area contributed by atoms with Gasteiger partial charge in [0.05, 0.1) is 6.61 Å². The fourth-order valence-corrected chi connectivity index (χ4v) is 5.03. The summed E-state index contributed by atoms with van der Waals surface area (Å²) >= 11 is 1.35. The van der Waals surface area contributed by atoms with E-state index in [-0.39, 0.29) is 11.4 Å². The number of hydrogen-bond acceptors (Lipinski definition) is 6. The van der Waals surface area contributed by atoms with Crippen LogP contribution in [0.15, 0.2) is 24.4 Å². The normalized spacial score (nSPS) is 18.6. The Morgan fingerprint density at radius 1 is 1.31 bits per heavy atom. The fraction of sp³-hybridized carbons (Fsp3) is 0.421. The maximum atomic E-state index is 11.4. The lowest BCUT2D eigenvalue weighted by molar-refractivity contribution is -0.0735. The number of carbonyl (C=O) groups excluding carboxylic acids is 1. The summed E-state index contributed by atoms with van der Waals surface area (Å²) in [6.07, 6.45) is 4.00. The Labute approximate surface area is 155 Å². The Bertz CT molecular complexity index is 851. The Kier molecular flexibility index (Phi) is 4.28. The Balaban J connectivity index is 1.53. The van der Waals surface area contributed by atoms with Gasteiger partial charge in [-0.1, -0.05) is 0 Å². The van der Waals surface area contributed by atoms with Gasteiger partial charge in [-0.2, -0.15) is 0 Å². The predicted octanol–water partition coefficient (Wildman–Crippen LogP) is 3.11. The highest BCUT2D eigenvalue weighted by Crippen LogP contribution is 2.45. The van der Waals surface area contributed by atoms with Crippen molar-refractivity contribution in [1.82, 2.24) is 4.98 Å². The van der Waals surface area contributed by atoms with Gasteiger partial charge in [0.25, 0.3) is 0 Å². The zero-order valence-corrected chi connectivity index (χ0v) is 15.3. The van der Waals surface area contributed by atoms with Gasteiger partial charge in [0.1, 0.15) is 16.3 Å². The number of thiophene rings is 1. The molecule has 2 aromatic rings. The minimum absolute atomic E-state index is 0.0108. The largest absolute Gasteiger partial charge is 0.477 e. The average molecular weight is 372 g/mol. The Morgan fingerprint density at radius 2 is 2.08 bits per heavy atom. The Morgan fingerprint density at radius 3 is 2.69 bits per heavy atom. The van der Waals surface area contributed by atoms with Crippen LogP contribution in [0, 0.1) is 0 Å². The molecule has 1 N–H and O–H groups in total. The van der Waals surface area contributed by atoms with Gasteiger partial charge in [-0.15, -0.1) is 11.3 Å². The molecule has 0 atom stereocenters. The van der Waals surface area contributed by atoms with Crippen molar-refractivity contribution in [2.45, 2.75) is 31.8 Å². The molecular weight excluding hydrogens is 352 g/mol. The van der Waals surface area contributed by atoms with E-state index >= 15 is 0 Å². The van der Waals surface area contributed by atoms with Crippen molar-refractivity contribution in [3.8, 4) is 0 Å². The lowest BCUT2D eigenvalue weighted by Gasteiger charge is -2.44. The van der Waals surface area contributed by atoms with E-state index in [9.17, 15) is 14.7 Å². The van der Waals surface area contributed by atoms with Gasteiger partial charge in [0.15, 0.2) is 5.78 Å². The maximum absolute atomic E-state index is 11.4. The number of piperidine rings is 1. The third-order valence-electron chi connectivity index (χ3n) is 5.23. The maximum Gasteiger partial charge on any atom is 0.345 e. The SMILES string of the molecule is CC(=O)c1ccc(N2CCC3(CC2)OCCc2cc(C(=O)O)sc23)nc1. The molecule has 1 saturated heterocycles. The molecule has 0 aromatic carbocycles. The van der Waals surface area contributed by atoms with Crippen LogP contribution in [0.1, 0.15) is 50.2 Å². The second-order valence-electron chi connectivity index (χ2n) is 6.81. The van der Waals surface area contributed by atoms with Crippen LogP contribution in [0.5, 0.6) is 0 Å². The number of pyridine rings is 1. The molecular formula is C19H20N2O4S. The first kappa shape index (κ1) is 17.2. The number of anilines is 1. The van der Waals surface area contributed by atoms with E-state index in [0.717, 1.165) is 48.6 Å². The molecule has 0 aliphatic carbocycles. The molecule has 0 radical (unpaired) electrons. The molecule has 2 aliphatic rings. The number of carboxylic acid groups (broad SMARTS) is 1. The number of aromatic carboxylic acids is 1. The van der Waals surface area contributed by atoms with Gasteiger partial charge in [0, 0.05) is 29.7 Å². The van der Waals surface area contributed by atoms with Gasteiger partial charge < -0.3 is 14.7 Å². The molecule has 4 rings (SSSR count). The number of ether oxygens (including phenoxy) is 1. The minimum Gasteiger partial charge on any atom is -0.477 e. The van der Waals surface area contributed by atoms with Gasteiger partial charge in [-0.25, -0.2) is 9.78 Å². The molecule has 1 fully saturated rings. The summed E-state index contributed by atoms with van der Waals surface area (Å²) in [4.78, 5) is 30.8. The third-order valence-corrected chi connectivity index (χ3v) is 6.58. The molecule has 26 heavy (non-hydrogen) atoms. The molecule has 7 heteroatoms. The molecule has 0 saturated carbocycles. The summed E-state index contributed by atoms with van der Waals surface area (Å²) in [5.74, 6) is 0.00162. The van der Waals surface area contributed by atoms with E-state index in [1.165, 1.54) is 18.3 Å². The van der Waals surface area contributed by atoms with E-state index in [1.807, 2.05) is 12.1 Å². The number of Topliss-reactive ketones (excluding diaryl/α,β-unsaturated/α-hetero) is 1. The van der Waals surface area contributed by atoms with E-state index < -0.39 is 5.97 Å². The number of aromatic nitrogens is 1. The van der Waals surface area contributed by atoms with Crippen molar-refractivity contribution in [3.63, 3.8) is 0 Å². The highest BCUT2D eigenvalue weighted by Gasteiger charge is 2.43. The minimum atomic E-state index is -0.869. The van der Waals surface area contributed by atoms with Crippen LogP contribution in [0.3, 0.4) is 0 Å². The number of nitrogens with zero attached hydrogens (tertiary/aromatic N) is 2. The predicted molar refractivity (Wildman–Crippen MR) is 98.3 cm³/mol. The van der Waals surface area contributed by atoms with Crippen molar-refractivity contribution in [1.29, 1.82) is 0 Å². The molecule has 4 heterocycles. The van der Waals surface area contributed by atoms with Crippen molar-refractivity contribution < 1.29 is 19.4 Å². The lowest BCUT2D eigenvalue weighted by atomic mass is 9.85. The second kappa shape index (κ2) is 6.48. The number of hydrogen-bond donors (Lipinski definition) is 1. The highest BCUT2D eigenvalue weighted by atomic mass is 32.1. The standard InChI is InChI=1S/C19H20N2O4S/c1-12(22)14-2-3-16(20-11-14)21-7-5-19(6-8-21)17-13(4-9-25-19)10-15(26-17)18(23)24/h2-3,10-11H,4-9H2,1H3,(H,23,24). The zero-order chi connectivity index (χ0) is 18.3. The smallest absolute Gasteiger partial charge is 0.345 e. The number of carbonyl (C=O) groups is 2. The highest BCUT2D eigenvalue weighted by molar-refractivity contribution is 7.14. The monoisotopic (exact) mass is 372 g/mol. The van der Waals surface area contributed by atoms with Gasteiger partial charge in [-0.3, -0.25) is 4.79 Å². The summed E-state index contributed by atoms with van der Waals surface area (Å²) in [6.45, 7) is 3.73. The van der Waals surface area contributed by atoms with Crippen molar-refractivity contribution in [2.75, 3.05) is 24.6 Å². The lowest BCUT2D eigenvalue weighted by Crippen LogP contribution is -2.46. The number of rotatable bonds is 3. The van der Waals surface area contributed by atoms with Crippen molar-refractivity contribution in [3.05, 3.63) is 45.3 Å². The average Bonchev–Trinajstić information content (AvgIpc) is 3.09. The van der Waals surface area contributed by atoms with Gasteiger partial charge in [0.2, 0.25) is 0 Å². The molecule has 136 valence electrons. The van der Waals surface area contributed by atoms with E-state index in [2.05, 4.69) is 9.88 Å². The molecule has 6 nitrogen and oxygen atoms in total.